The van der Waals surface area contributed by atoms with Gasteiger partial charge in [-0.25, -0.2) is 17.6 Å². The van der Waals surface area contributed by atoms with Crippen LogP contribution in [0.3, 0.4) is 0 Å². The normalized spacial score (nSPS) is 11.2. The summed E-state index contributed by atoms with van der Waals surface area (Å²) in [7, 11) is -4.23. The lowest BCUT2D eigenvalue weighted by molar-refractivity contribution is -0.118. The summed E-state index contributed by atoms with van der Waals surface area (Å²) in [5, 5.41) is 12.6. The topological polar surface area (TPSA) is 144 Å². The molecule has 0 aliphatic heterocycles. The van der Waals surface area contributed by atoms with Crippen molar-refractivity contribution in [1.29, 1.82) is 0 Å². The Morgan fingerprint density at radius 3 is 2.65 bits per heavy atom. The largest absolute Gasteiger partial charge is 0.478 e. The number of nitrogens with one attached hydrogen (secondary N) is 1. The lowest BCUT2D eigenvalue weighted by Crippen LogP contribution is -2.18. The molecule has 122 valence electrons. The predicted octanol–water partition coefficient (Wildman–Crippen LogP) is 0.00650. The van der Waals surface area contributed by atoms with Gasteiger partial charge in [0.2, 0.25) is 5.91 Å². The van der Waals surface area contributed by atoms with Gasteiger partial charge in [-0.15, -0.1) is 0 Å². The fourth-order valence-electron chi connectivity index (χ4n) is 1.72. The van der Waals surface area contributed by atoms with Gasteiger partial charge in [0, 0.05) is 6.20 Å². The molecule has 0 fully saturated rings. The van der Waals surface area contributed by atoms with Crippen LogP contribution in [0.5, 0.6) is 0 Å². The highest BCUT2D eigenvalue weighted by molar-refractivity contribution is 7.92. The molecule has 0 saturated carbocycles. The number of carboxylic acids is 1. The van der Waals surface area contributed by atoms with Gasteiger partial charge >= 0.3 is 5.97 Å². The third-order valence-corrected chi connectivity index (χ3v) is 3.99. The van der Waals surface area contributed by atoms with Gasteiger partial charge in [-0.3, -0.25) is 14.2 Å². The first kappa shape index (κ1) is 16.4. The van der Waals surface area contributed by atoms with Gasteiger partial charge < -0.3 is 10.8 Å². The van der Waals surface area contributed by atoms with Gasteiger partial charge in [-0.05, 0) is 18.2 Å². The van der Waals surface area contributed by atoms with Crippen LogP contribution in [-0.4, -0.2) is 35.2 Å². The summed E-state index contributed by atoms with van der Waals surface area (Å²) in [6.45, 7) is -0.245. The van der Waals surface area contributed by atoms with Crippen molar-refractivity contribution in [1.82, 2.24) is 9.78 Å². The number of carbonyl (C=O) groups is 2. The number of nitrogens with zero attached hydrogens (tertiary/aromatic N) is 2. The van der Waals surface area contributed by atoms with Crippen molar-refractivity contribution in [3.05, 3.63) is 42.0 Å². The number of carboxylic acid groups (broad SMARTS) is 1. The van der Waals surface area contributed by atoms with Crippen molar-refractivity contribution >= 4 is 27.6 Å². The standard InChI is InChI=1S/C12H11FN4O5S/c13-8-1-7(12(19)20)2-10(3-8)23(21,22)16-9-4-15-17(5-9)6-11(14)18/h1-5,16H,6H2,(H2,14,18)(H,19,20). The van der Waals surface area contributed by atoms with Gasteiger partial charge in [0.25, 0.3) is 10.0 Å². The smallest absolute Gasteiger partial charge is 0.335 e. The Morgan fingerprint density at radius 2 is 2.04 bits per heavy atom. The molecule has 1 aromatic carbocycles. The molecule has 2 rings (SSSR count). The number of hydrogen-bond donors (Lipinski definition) is 3. The molecule has 0 bridgehead atoms. The molecule has 9 nitrogen and oxygen atoms in total. The number of anilines is 1. The van der Waals surface area contributed by atoms with Crippen LogP contribution in [0.25, 0.3) is 0 Å². The Morgan fingerprint density at radius 1 is 1.35 bits per heavy atom. The molecule has 1 aromatic heterocycles. The molecule has 0 radical (unpaired) electrons. The lowest BCUT2D eigenvalue weighted by Gasteiger charge is -2.07. The summed E-state index contributed by atoms with van der Waals surface area (Å²) in [6.07, 6.45) is 2.33. The first-order valence-corrected chi connectivity index (χ1v) is 7.53. The summed E-state index contributed by atoms with van der Waals surface area (Å²) in [5.74, 6) is -3.14. The highest BCUT2D eigenvalue weighted by Gasteiger charge is 2.19. The van der Waals surface area contributed by atoms with E-state index < -0.39 is 38.2 Å². The van der Waals surface area contributed by atoms with E-state index in [-0.39, 0.29) is 12.2 Å². The van der Waals surface area contributed by atoms with Crippen LogP contribution in [0.1, 0.15) is 10.4 Å². The van der Waals surface area contributed by atoms with E-state index in [1.807, 2.05) is 0 Å². The fourth-order valence-corrected chi connectivity index (χ4v) is 2.80. The quantitative estimate of drug-likeness (QED) is 0.674. The van der Waals surface area contributed by atoms with Crippen LogP contribution in [0, 0.1) is 5.82 Å². The number of nitrogens with two attached hydrogens (primary N) is 1. The van der Waals surface area contributed by atoms with E-state index in [9.17, 15) is 22.4 Å². The summed E-state index contributed by atoms with van der Waals surface area (Å²) in [6, 6.07) is 2.20. The maximum absolute atomic E-state index is 13.4. The Balaban J connectivity index is 2.30. The van der Waals surface area contributed by atoms with E-state index in [1.165, 1.54) is 6.20 Å². The molecular weight excluding hydrogens is 331 g/mol. The zero-order valence-electron chi connectivity index (χ0n) is 11.4. The second kappa shape index (κ2) is 6.04. The van der Waals surface area contributed by atoms with Crippen molar-refractivity contribution in [3.63, 3.8) is 0 Å². The van der Waals surface area contributed by atoms with Crippen molar-refractivity contribution in [3.8, 4) is 0 Å². The SMILES string of the molecule is NC(=O)Cn1cc(NS(=O)(=O)c2cc(F)cc(C(=O)O)c2)cn1. The number of aromatic nitrogens is 2. The molecule has 4 N–H and O–H groups in total. The maximum atomic E-state index is 13.4. The van der Waals surface area contributed by atoms with Crippen molar-refractivity contribution < 1.29 is 27.5 Å². The van der Waals surface area contributed by atoms with Crippen molar-refractivity contribution in [2.45, 2.75) is 11.4 Å². The summed E-state index contributed by atoms with van der Waals surface area (Å²) in [4.78, 5) is 21.0. The molecule has 1 amide bonds. The average Bonchev–Trinajstić information content (AvgIpc) is 2.83. The Kier molecular flexibility index (Phi) is 4.31. The highest BCUT2D eigenvalue weighted by Crippen LogP contribution is 2.18. The van der Waals surface area contributed by atoms with Gasteiger partial charge in [-0.1, -0.05) is 0 Å². The Hall–Kier alpha value is -2.95. The van der Waals surface area contributed by atoms with Crippen LogP contribution < -0.4 is 10.5 Å². The monoisotopic (exact) mass is 342 g/mol. The molecule has 0 unspecified atom stereocenters. The second-order valence-electron chi connectivity index (χ2n) is 4.48. The number of primary amides is 1. The zero-order valence-corrected chi connectivity index (χ0v) is 12.2. The molecule has 2 aromatic rings. The highest BCUT2D eigenvalue weighted by atomic mass is 32.2. The van der Waals surface area contributed by atoms with E-state index in [2.05, 4.69) is 9.82 Å². The molecule has 0 spiro atoms. The molecule has 0 aliphatic carbocycles. The minimum atomic E-state index is -4.23. The number of amides is 1. The number of sulfonamides is 1. The number of hydrogen-bond acceptors (Lipinski definition) is 5. The molecule has 0 saturated heterocycles. The maximum Gasteiger partial charge on any atom is 0.335 e. The molecule has 0 atom stereocenters. The van der Waals surface area contributed by atoms with Crippen LogP contribution in [-0.2, 0) is 21.4 Å². The van der Waals surface area contributed by atoms with Crippen LogP contribution in [0.4, 0.5) is 10.1 Å². The van der Waals surface area contributed by atoms with Crippen LogP contribution >= 0.6 is 0 Å². The minimum Gasteiger partial charge on any atom is -0.478 e. The molecule has 1 heterocycles. The Bertz CT molecular complexity index is 877. The summed E-state index contributed by atoms with van der Waals surface area (Å²) >= 11 is 0. The van der Waals surface area contributed by atoms with Gasteiger partial charge in [0.15, 0.2) is 0 Å². The third kappa shape index (κ3) is 4.03. The molecule has 23 heavy (non-hydrogen) atoms. The number of benzene rings is 1. The van der Waals surface area contributed by atoms with E-state index in [4.69, 9.17) is 10.8 Å². The first-order chi connectivity index (χ1) is 10.7. The van der Waals surface area contributed by atoms with E-state index in [0.717, 1.165) is 16.9 Å². The minimum absolute atomic E-state index is 0.00684. The van der Waals surface area contributed by atoms with E-state index in [0.29, 0.717) is 12.1 Å². The predicted molar refractivity (Wildman–Crippen MR) is 75.6 cm³/mol. The lowest BCUT2D eigenvalue weighted by atomic mass is 10.2. The van der Waals surface area contributed by atoms with Crippen molar-refractivity contribution in [2.75, 3.05) is 4.72 Å². The molecule has 0 aliphatic rings. The number of aromatic carboxylic acids is 1. The van der Waals surface area contributed by atoms with E-state index in [1.54, 1.807) is 0 Å². The zero-order chi connectivity index (χ0) is 17.2. The van der Waals surface area contributed by atoms with Crippen LogP contribution in [0.2, 0.25) is 0 Å². The number of halogens is 1. The Labute approximate surface area is 129 Å². The third-order valence-electron chi connectivity index (χ3n) is 2.63. The van der Waals surface area contributed by atoms with E-state index >= 15 is 0 Å². The average molecular weight is 342 g/mol. The summed E-state index contributed by atoms with van der Waals surface area (Å²) < 4.78 is 40.9. The van der Waals surface area contributed by atoms with Gasteiger partial charge in [0.1, 0.15) is 12.4 Å². The number of carbonyl (C=O) groups excluding carboxylic acids is 1. The van der Waals surface area contributed by atoms with Gasteiger partial charge in [-0.2, -0.15) is 5.10 Å². The van der Waals surface area contributed by atoms with Crippen LogP contribution in [0.15, 0.2) is 35.5 Å². The summed E-state index contributed by atoms with van der Waals surface area (Å²) in [5.41, 5.74) is 4.48. The second-order valence-corrected chi connectivity index (χ2v) is 6.16. The number of rotatable bonds is 6. The van der Waals surface area contributed by atoms with Crippen molar-refractivity contribution in [2.24, 2.45) is 5.73 Å². The molecular formula is C12H11FN4O5S. The molecule has 11 heteroatoms. The fraction of sp³-hybridized carbons (Fsp3) is 0.0833. The first-order valence-electron chi connectivity index (χ1n) is 6.05. The van der Waals surface area contributed by atoms with Gasteiger partial charge in [0.05, 0.1) is 22.3 Å².